The lowest BCUT2D eigenvalue weighted by atomic mass is 9.77. The average molecular weight is 595 g/mol. The van der Waals surface area contributed by atoms with E-state index in [4.69, 9.17) is 18.9 Å². The highest BCUT2D eigenvalue weighted by atomic mass is 16.6. The summed E-state index contributed by atoms with van der Waals surface area (Å²) in [5.74, 6) is -0.801. The Morgan fingerprint density at radius 3 is 1.53 bits per heavy atom. The molecule has 0 N–H and O–H groups in total. The molecule has 0 radical (unpaired) electrons. The van der Waals surface area contributed by atoms with Crippen LogP contribution in [0.4, 0.5) is 0 Å². The zero-order valence-electron chi connectivity index (χ0n) is 28.1. The maximum Gasteiger partial charge on any atom is 0.330 e. The van der Waals surface area contributed by atoms with Gasteiger partial charge in [0.25, 0.3) is 0 Å². The predicted octanol–water partition coefficient (Wildman–Crippen LogP) is 8.47. The molecular formula is C37H54O6. The second-order valence-corrected chi connectivity index (χ2v) is 13.1. The van der Waals surface area contributed by atoms with Crippen LogP contribution in [0, 0.1) is 0 Å². The molecule has 0 amide bonds. The normalized spacial score (nSPS) is 12.2. The van der Waals surface area contributed by atoms with Crippen molar-refractivity contribution in [1.82, 2.24) is 0 Å². The Balaban J connectivity index is 0.000000557. The minimum atomic E-state index is -0.592. The molecule has 6 nitrogen and oxygen atoms in total. The van der Waals surface area contributed by atoms with Crippen molar-refractivity contribution in [3.8, 4) is 0 Å². The lowest BCUT2D eigenvalue weighted by Gasteiger charge is -2.31. The van der Waals surface area contributed by atoms with Crippen LogP contribution in [0.25, 0.3) is 0 Å². The van der Waals surface area contributed by atoms with Crippen molar-refractivity contribution in [1.29, 1.82) is 0 Å². The van der Waals surface area contributed by atoms with E-state index in [0.29, 0.717) is 26.1 Å². The molecule has 0 aromatic heterocycles. The maximum absolute atomic E-state index is 11.4. The van der Waals surface area contributed by atoms with E-state index >= 15 is 0 Å². The molecule has 0 aliphatic heterocycles. The van der Waals surface area contributed by atoms with Gasteiger partial charge in [-0.1, -0.05) is 81.6 Å². The summed E-state index contributed by atoms with van der Waals surface area (Å²) in [4.78, 5) is 22.4. The molecule has 2 aromatic rings. The van der Waals surface area contributed by atoms with Crippen LogP contribution in [-0.4, -0.2) is 42.5 Å². The Morgan fingerprint density at radius 1 is 0.674 bits per heavy atom. The zero-order chi connectivity index (χ0) is 32.9. The van der Waals surface area contributed by atoms with Crippen molar-refractivity contribution in [3.05, 3.63) is 96.6 Å². The number of carbonyl (C=O) groups excluding carboxylic acids is 2. The fourth-order valence-corrected chi connectivity index (χ4v) is 4.22. The monoisotopic (exact) mass is 594 g/mol. The Bertz CT molecular complexity index is 1160. The van der Waals surface area contributed by atoms with E-state index in [0.717, 1.165) is 5.56 Å². The van der Waals surface area contributed by atoms with Gasteiger partial charge < -0.3 is 18.9 Å². The molecular weight excluding hydrogens is 540 g/mol. The molecule has 0 saturated heterocycles. The van der Waals surface area contributed by atoms with E-state index in [1.165, 1.54) is 23.3 Å². The number of hydrogen-bond donors (Lipinski definition) is 0. The summed E-state index contributed by atoms with van der Waals surface area (Å²) >= 11 is 0. The quantitative estimate of drug-likeness (QED) is 0.152. The summed E-state index contributed by atoms with van der Waals surface area (Å²) in [6.45, 7) is 27.9. The van der Waals surface area contributed by atoms with Crippen LogP contribution in [0.1, 0.15) is 98.8 Å². The molecule has 0 heterocycles. The topological polar surface area (TPSA) is 71.1 Å². The van der Waals surface area contributed by atoms with E-state index < -0.39 is 22.8 Å². The smallest absolute Gasteiger partial charge is 0.330 e. The fourth-order valence-electron chi connectivity index (χ4n) is 4.22. The lowest BCUT2D eigenvalue weighted by Crippen LogP contribution is -2.31. The van der Waals surface area contributed by atoms with Gasteiger partial charge in [0.1, 0.15) is 11.2 Å². The first kappa shape index (κ1) is 37.8. The van der Waals surface area contributed by atoms with Gasteiger partial charge in [-0.2, -0.15) is 0 Å². The summed E-state index contributed by atoms with van der Waals surface area (Å²) in [5, 5.41) is 0. The molecule has 0 atom stereocenters. The highest BCUT2D eigenvalue weighted by molar-refractivity contribution is 5.81. The van der Waals surface area contributed by atoms with Gasteiger partial charge in [0.05, 0.1) is 24.9 Å². The van der Waals surface area contributed by atoms with E-state index in [1.54, 1.807) is 0 Å². The maximum atomic E-state index is 11.4. The number of hydrogen-bond acceptors (Lipinski definition) is 6. The predicted molar refractivity (Wildman–Crippen MR) is 175 cm³/mol. The van der Waals surface area contributed by atoms with Gasteiger partial charge in [0.2, 0.25) is 0 Å². The van der Waals surface area contributed by atoms with Gasteiger partial charge in [-0.15, -0.1) is 0 Å². The average Bonchev–Trinajstić information content (AvgIpc) is 2.92. The molecule has 238 valence electrons. The third kappa shape index (κ3) is 13.7. The van der Waals surface area contributed by atoms with E-state index in [1.807, 2.05) is 47.6 Å². The number of carbonyl (C=O) groups is 2. The van der Waals surface area contributed by atoms with Crippen molar-refractivity contribution in [2.24, 2.45) is 0 Å². The second-order valence-electron chi connectivity index (χ2n) is 13.1. The van der Waals surface area contributed by atoms with Gasteiger partial charge in [0.15, 0.2) is 0 Å². The van der Waals surface area contributed by atoms with Crippen LogP contribution in [0.5, 0.6) is 0 Å². The van der Waals surface area contributed by atoms with Crippen LogP contribution < -0.4 is 0 Å². The first-order valence-corrected chi connectivity index (χ1v) is 15.0. The van der Waals surface area contributed by atoms with Gasteiger partial charge in [-0.25, -0.2) is 9.59 Å². The Morgan fingerprint density at radius 2 is 1.09 bits per heavy atom. The van der Waals surface area contributed by atoms with Crippen molar-refractivity contribution in [2.45, 2.75) is 110 Å². The molecule has 0 bridgehead atoms. The van der Waals surface area contributed by atoms with E-state index in [9.17, 15) is 9.59 Å². The molecule has 0 fully saturated rings. The molecule has 2 aromatic carbocycles. The molecule has 0 aliphatic rings. The molecule has 0 spiro atoms. The summed E-state index contributed by atoms with van der Waals surface area (Å²) in [6.07, 6.45) is 3.86. The van der Waals surface area contributed by atoms with Crippen molar-refractivity contribution < 1.29 is 28.5 Å². The first-order valence-electron chi connectivity index (χ1n) is 15.0. The lowest BCUT2D eigenvalue weighted by molar-refractivity contribution is -0.153. The van der Waals surface area contributed by atoms with Crippen molar-refractivity contribution in [3.63, 3.8) is 0 Å². The van der Waals surface area contributed by atoms with Crippen LogP contribution in [-0.2, 0) is 39.6 Å². The standard InChI is InChI=1S/C26H34O3.C11H20O3/c1-8-23(27)29-24(2,3)18-19-28-26(6,7)22-16-14-21(15-17-22)25(4,5)20-12-10-9-11-13-20;1-6-10(12)14-11(4,5)7-8-13-9(2)3/h8-17H,1,18-19H2,2-7H3;6,9H,1,7-8H2,2-5H3. The van der Waals surface area contributed by atoms with Crippen molar-refractivity contribution in [2.75, 3.05) is 13.2 Å². The number of benzene rings is 2. The summed E-state index contributed by atoms with van der Waals surface area (Å²) in [5.41, 5.74) is 2.09. The minimum absolute atomic E-state index is 0.0656. The van der Waals surface area contributed by atoms with Gasteiger partial charge in [-0.3, -0.25) is 0 Å². The summed E-state index contributed by atoms with van der Waals surface area (Å²) in [7, 11) is 0. The minimum Gasteiger partial charge on any atom is -0.456 e. The highest BCUT2D eigenvalue weighted by Crippen LogP contribution is 2.33. The number of rotatable bonds is 15. The van der Waals surface area contributed by atoms with Crippen molar-refractivity contribution >= 4 is 11.9 Å². The summed E-state index contributed by atoms with van der Waals surface area (Å²) < 4.78 is 22.0. The number of esters is 2. The first-order chi connectivity index (χ1) is 19.8. The largest absolute Gasteiger partial charge is 0.456 e. The molecule has 0 unspecified atom stereocenters. The van der Waals surface area contributed by atoms with Crippen LogP contribution in [0.3, 0.4) is 0 Å². The summed E-state index contributed by atoms with van der Waals surface area (Å²) in [6, 6.07) is 19.2. The molecule has 6 heteroatoms. The molecule has 0 saturated carbocycles. The fraction of sp³-hybridized carbons (Fsp3) is 0.514. The Labute approximate surface area is 260 Å². The van der Waals surface area contributed by atoms with E-state index in [2.05, 4.69) is 89.4 Å². The third-order valence-corrected chi connectivity index (χ3v) is 7.21. The highest BCUT2D eigenvalue weighted by Gasteiger charge is 2.28. The van der Waals surface area contributed by atoms with Crippen LogP contribution in [0.2, 0.25) is 0 Å². The molecule has 0 aliphatic carbocycles. The SMILES string of the molecule is C=CC(=O)OC(C)(C)CCOC(C)(C)c1ccc(C(C)(C)c2ccccc2)cc1.C=CC(=O)OC(C)(C)CCOC(C)C. The molecule has 43 heavy (non-hydrogen) atoms. The molecule has 2 rings (SSSR count). The van der Waals surface area contributed by atoms with E-state index in [-0.39, 0.29) is 17.5 Å². The third-order valence-electron chi connectivity index (χ3n) is 7.21. The van der Waals surface area contributed by atoms with Gasteiger partial charge >= 0.3 is 11.9 Å². The second kappa shape index (κ2) is 16.6. The van der Waals surface area contributed by atoms with Crippen LogP contribution >= 0.6 is 0 Å². The van der Waals surface area contributed by atoms with Gasteiger partial charge in [0, 0.05) is 30.4 Å². The Kier molecular flexibility index (Phi) is 14.6. The van der Waals surface area contributed by atoms with Crippen LogP contribution in [0.15, 0.2) is 79.9 Å². The number of ether oxygens (including phenoxy) is 4. The Hall–Kier alpha value is -3.22. The zero-order valence-corrected chi connectivity index (χ0v) is 28.1. The van der Waals surface area contributed by atoms with Gasteiger partial charge in [-0.05, 0) is 72.1 Å².